The average Bonchev–Trinajstić information content (AvgIpc) is 3.13. The molecule has 1 saturated heterocycles. The Morgan fingerprint density at radius 1 is 1.36 bits per heavy atom. The predicted molar refractivity (Wildman–Crippen MR) is 97.4 cm³/mol. The Morgan fingerprint density at radius 2 is 2.16 bits per heavy atom. The number of aromatic amines is 1. The quantitative estimate of drug-likeness (QED) is 0.828. The molecule has 136 valence electrons. The van der Waals surface area contributed by atoms with Crippen LogP contribution >= 0.6 is 0 Å². The molecule has 1 unspecified atom stereocenters. The van der Waals surface area contributed by atoms with Crippen molar-refractivity contribution in [1.29, 1.82) is 0 Å². The van der Waals surface area contributed by atoms with Gasteiger partial charge in [-0.2, -0.15) is 0 Å². The van der Waals surface area contributed by atoms with Crippen molar-refractivity contribution in [3.63, 3.8) is 0 Å². The van der Waals surface area contributed by atoms with Crippen molar-refractivity contribution in [3.05, 3.63) is 24.5 Å². The predicted octanol–water partition coefficient (Wildman–Crippen LogP) is 1.15. The molecule has 3 rings (SSSR count). The summed E-state index contributed by atoms with van der Waals surface area (Å²) in [5.74, 6) is 0.178. The molecule has 1 fully saturated rings. The number of nitrogens with zero attached hydrogens (tertiary/aromatic N) is 3. The van der Waals surface area contributed by atoms with Gasteiger partial charge in [-0.25, -0.2) is 18.2 Å². The monoisotopic (exact) mass is 365 g/mol. The molecular formula is C16H23N5O3S. The Labute approximate surface area is 147 Å². The summed E-state index contributed by atoms with van der Waals surface area (Å²) < 4.78 is 23.6. The zero-order valence-corrected chi connectivity index (χ0v) is 15.2. The van der Waals surface area contributed by atoms with Gasteiger partial charge in [-0.3, -0.25) is 0 Å². The highest BCUT2D eigenvalue weighted by Gasteiger charge is 2.34. The Kier molecular flexibility index (Phi) is 4.96. The lowest BCUT2D eigenvalue weighted by atomic mass is 10.2. The van der Waals surface area contributed by atoms with E-state index >= 15 is 0 Å². The van der Waals surface area contributed by atoms with Gasteiger partial charge in [-0.05, 0) is 38.7 Å². The first kappa shape index (κ1) is 17.7. The Hall–Kier alpha value is -2.13. The fourth-order valence-corrected chi connectivity index (χ4v) is 4.72. The normalized spacial score (nSPS) is 19.4. The third-order valence-corrected chi connectivity index (χ3v) is 6.12. The minimum Gasteiger partial charge on any atom is -0.345 e. The molecule has 8 nitrogen and oxygen atoms in total. The van der Waals surface area contributed by atoms with E-state index < -0.39 is 9.84 Å². The van der Waals surface area contributed by atoms with E-state index in [-0.39, 0.29) is 23.6 Å². The summed E-state index contributed by atoms with van der Waals surface area (Å²) >= 11 is 0. The van der Waals surface area contributed by atoms with Crippen molar-refractivity contribution in [2.45, 2.75) is 12.5 Å². The lowest BCUT2D eigenvalue weighted by Gasteiger charge is -2.29. The Bertz CT molecular complexity index is 862. The largest absolute Gasteiger partial charge is 0.345 e. The molecule has 1 aromatic carbocycles. The van der Waals surface area contributed by atoms with Crippen molar-refractivity contribution in [2.75, 3.05) is 44.0 Å². The van der Waals surface area contributed by atoms with E-state index in [0.717, 1.165) is 11.0 Å². The van der Waals surface area contributed by atoms with Gasteiger partial charge in [0.1, 0.15) is 0 Å². The third kappa shape index (κ3) is 4.29. The second-order valence-corrected chi connectivity index (χ2v) is 8.85. The maximum Gasteiger partial charge on any atom is 0.322 e. The van der Waals surface area contributed by atoms with Crippen LogP contribution in [0.15, 0.2) is 24.5 Å². The van der Waals surface area contributed by atoms with Gasteiger partial charge in [0, 0.05) is 24.8 Å². The number of anilines is 1. The number of carbonyl (C=O) groups excluding carboxylic acids is 1. The number of hydrogen-bond acceptors (Lipinski definition) is 5. The fourth-order valence-electron chi connectivity index (χ4n) is 2.99. The second-order valence-electron chi connectivity index (χ2n) is 6.62. The molecule has 2 aromatic rings. The molecule has 1 aromatic heterocycles. The van der Waals surface area contributed by atoms with Crippen molar-refractivity contribution < 1.29 is 13.2 Å². The number of rotatable bonds is 5. The smallest absolute Gasteiger partial charge is 0.322 e. The molecule has 25 heavy (non-hydrogen) atoms. The summed E-state index contributed by atoms with van der Waals surface area (Å²) in [5, 5.41) is 2.88. The molecule has 0 saturated carbocycles. The van der Waals surface area contributed by atoms with Gasteiger partial charge in [-0.15, -0.1) is 0 Å². The summed E-state index contributed by atoms with van der Waals surface area (Å²) in [6.07, 6.45) is 2.09. The topological polar surface area (TPSA) is 98.4 Å². The van der Waals surface area contributed by atoms with E-state index in [1.807, 2.05) is 31.1 Å². The minimum atomic E-state index is -3.06. The highest BCUT2D eigenvalue weighted by Crippen LogP contribution is 2.20. The minimum absolute atomic E-state index is 0.0352. The number of likely N-dealkylation sites (N-methyl/N-ethyl adjacent to an activating group) is 1. The van der Waals surface area contributed by atoms with Crippen molar-refractivity contribution in [3.8, 4) is 0 Å². The third-order valence-electron chi connectivity index (χ3n) is 4.37. The van der Waals surface area contributed by atoms with Gasteiger partial charge in [0.2, 0.25) is 0 Å². The summed E-state index contributed by atoms with van der Waals surface area (Å²) in [6.45, 7) is 1.15. The number of aromatic nitrogens is 2. The number of nitrogens with one attached hydrogen (secondary N) is 2. The Balaban J connectivity index is 1.75. The van der Waals surface area contributed by atoms with Crippen LogP contribution in [0.3, 0.4) is 0 Å². The number of hydrogen-bond donors (Lipinski definition) is 2. The van der Waals surface area contributed by atoms with Crippen molar-refractivity contribution in [1.82, 2.24) is 19.8 Å². The first-order valence-corrected chi connectivity index (χ1v) is 10.0. The molecule has 0 radical (unpaired) electrons. The molecule has 1 aliphatic heterocycles. The van der Waals surface area contributed by atoms with Crippen LogP contribution in [-0.2, 0) is 9.84 Å². The number of carbonyl (C=O) groups is 1. The molecule has 0 bridgehead atoms. The first-order valence-electron chi connectivity index (χ1n) is 8.20. The lowest BCUT2D eigenvalue weighted by Crippen LogP contribution is -2.46. The van der Waals surface area contributed by atoms with Crippen molar-refractivity contribution >= 4 is 32.6 Å². The molecule has 1 aliphatic rings. The van der Waals surface area contributed by atoms with Crippen molar-refractivity contribution in [2.24, 2.45) is 0 Å². The zero-order valence-electron chi connectivity index (χ0n) is 14.4. The van der Waals surface area contributed by atoms with E-state index in [2.05, 4.69) is 15.3 Å². The molecule has 9 heteroatoms. The standard InChI is InChI=1S/C16H23N5O3S/c1-20(2)6-7-21(13-5-8-25(23,24)10-13)16(22)19-12-3-4-14-15(9-12)18-11-17-14/h3-4,9,11,13H,5-8,10H2,1-2H3,(H,17,18)(H,19,22). The van der Waals surface area contributed by atoms with Gasteiger partial charge < -0.3 is 20.1 Å². The molecule has 0 spiro atoms. The SMILES string of the molecule is CN(C)CCN(C(=O)Nc1ccc2nc[nH]c2c1)C1CCS(=O)(=O)C1. The second kappa shape index (κ2) is 7.01. The summed E-state index contributed by atoms with van der Waals surface area (Å²) in [6, 6.07) is 4.88. The highest BCUT2D eigenvalue weighted by molar-refractivity contribution is 7.91. The summed E-state index contributed by atoms with van der Waals surface area (Å²) in [4.78, 5) is 23.5. The van der Waals surface area contributed by atoms with Crippen LogP contribution in [0, 0.1) is 0 Å². The molecular weight excluding hydrogens is 342 g/mol. The van der Waals surface area contributed by atoms with Crippen LogP contribution in [0.1, 0.15) is 6.42 Å². The number of H-pyrrole nitrogens is 1. The van der Waals surface area contributed by atoms with Gasteiger partial charge >= 0.3 is 6.03 Å². The van der Waals surface area contributed by atoms with Crippen LogP contribution in [0.4, 0.5) is 10.5 Å². The lowest BCUT2D eigenvalue weighted by molar-refractivity contribution is 0.186. The molecule has 2 amide bonds. The van der Waals surface area contributed by atoms with E-state index in [4.69, 9.17) is 0 Å². The number of sulfone groups is 1. The van der Waals surface area contributed by atoms with Crippen LogP contribution in [0.5, 0.6) is 0 Å². The van der Waals surface area contributed by atoms with E-state index in [1.54, 1.807) is 17.3 Å². The van der Waals surface area contributed by atoms with Crippen LogP contribution < -0.4 is 5.32 Å². The first-order chi connectivity index (χ1) is 11.8. The maximum atomic E-state index is 12.8. The van der Waals surface area contributed by atoms with Crippen LogP contribution in [0.2, 0.25) is 0 Å². The highest BCUT2D eigenvalue weighted by atomic mass is 32.2. The Morgan fingerprint density at radius 3 is 2.84 bits per heavy atom. The molecule has 1 atom stereocenters. The van der Waals surface area contributed by atoms with Gasteiger partial charge in [0.25, 0.3) is 0 Å². The number of amides is 2. The van der Waals surface area contributed by atoms with E-state index in [1.165, 1.54) is 0 Å². The fraction of sp³-hybridized carbons (Fsp3) is 0.500. The van der Waals surface area contributed by atoms with Gasteiger partial charge in [-0.1, -0.05) is 0 Å². The number of benzene rings is 1. The van der Waals surface area contributed by atoms with Crippen LogP contribution in [-0.4, -0.2) is 78.9 Å². The number of imidazole rings is 1. The molecule has 0 aliphatic carbocycles. The van der Waals surface area contributed by atoms with Gasteiger partial charge in [0.05, 0.1) is 28.9 Å². The molecule has 2 heterocycles. The number of fused-ring (bicyclic) bond motifs is 1. The van der Waals surface area contributed by atoms with E-state index in [0.29, 0.717) is 25.2 Å². The van der Waals surface area contributed by atoms with Gasteiger partial charge in [0.15, 0.2) is 9.84 Å². The number of urea groups is 1. The zero-order chi connectivity index (χ0) is 18.0. The van der Waals surface area contributed by atoms with E-state index in [9.17, 15) is 13.2 Å². The summed E-state index contributed by atoms with van der Waals surface area (Å²) in [7, 11) is 0.793. The maximum absolute atomic E-state index is 12.8. The van der Waals surface area contributed by atoms with Crippen LogP contribution in [0.25, 0.3) is 11.0 Å². The summed E-state index contributed by atoms with van der Waals surface area (Å²) in [5.41, 5.74) is 2.31. The molecule has 2 N–H and O–H groups in total. The average molecular weight is 365 g/mol.